The van der Waals surface area contributed by atoms with Crippen LogP contribution < -0.4 is 10.1 Å². The van der Waals surface area contributed by atoms with Crippen molar-refractivity contribution in [3.8, 4) is 5.75 Å². The first kappa shape index (κ1) is 19.9. The third-order valence-corrected chi connectivity index (χ3v) is 5.84. The van der Waals surface area contributed by atoms with E-state index in [1.165, 1.54) is 0 Å². The van der Waals surface area contributed by atoms with Crippen molar-refractivity contribution < 1.29 is 4.74 Å². The number of benzene rings is 4. The first-order valence-corrected chi connectivity index (χ1v) is 10.3. The molecule has 0 amide bonds. The predicted octanol–water partition coefficient (Wildman–Crippen LogP) is 7.99. The van der Waals surface area contributed by atoms with Gasteiger partial charge in [-0.05, 0) is 41.1 Å². The maximum Gasteiger partial charge on any atom is 0.125 e. The lowest BCUT2D eigenvalue weighted by atomic mass is 10.0. The maximum absolute atomic E-state index is 6.28. The van der Waals surface area contributed by atoms with Gasteiger partial charge < -0.3 is 10.1 Å². The number of hydrogen-bond donors (Lipinski definition) is 1. The molecule has 29 heavy (non-hydrogen) atoms. The van der Waals surface area contributed by atoms with Gasteiger partial charge in [-0.2, -0.15) is 0 Å². The van der Waals surface area contributed by atoms with Crippen LogP contribution in [0, 0.1) is 0 Å². The highest BCUT2D eigenvalue weighted by atomic mass is 35.5. The number of nitrogens with one attached hydrogen (secondary N) is 1. The second kappa shape index (κ2) is 8.96. The molecule has 0 heterocycles. The first-order valence-electron chi connectivity index (χ1n) is 9.17. The number of rotatable bonds is 6. The second-order valence-corrected chi connectivity index (χ2v) is 7.85. The van der Waals surface area contributed by atoms with Crippen LogP contribution >= 0.6 is 34.8 Å². The molecule has 0 bridgehead atoms. The van der Waals surface area contributed by atoms with E-state index in [-0.39, 0.29) is 0 Å². The zero-order valence-corrected chi connectivity index (χ0v) is 17.7. The van der Waals surface area contributed by atoms with Crippen LogP contribution in [0.3, 0.4) is 0 Å². The summed E-state index contributed by atoms with van der Waals surface area (Å²) in [7, 11) is 0. The van der Waals surface area contributed by atoms with Gasteiger partial charge in [-0.1, -0.05) is 83.3 Å². The van der Waals surface area contributed by atoms with Gasteiger partial charge in [0, 0.05) is 28.4 Å². The topological polar surface area (TPSA) is 21.3 Å². The average molecular weight is 443 g/mol. The van der Waals surface area contributed by atoms with Crippen molar-refractivity contribution in [3.63, 3.8) is 0 Å². The van der Waals surface area contributed by atoms with E-state index in [2.05, 4.69) is 23.5 Å². The summed E-state index contributed by atoms with van der Waals surface area (Å²) in [6, 6.07) is 25.5. The van der Waals surface area contributed by atoms with Crippen molar-refractivity contribution in [2.75, 3.05) is 5.32 Å². The third kappa shape index (κ3) is 4.62. The zero-order chi connectivity index (χ0) is 20.2. The summed E-state index contributed by atoms with van der Waals surface area (Å²) >= 11 is 18.4. The normalized spacial score (nSPS) is 10.9. The summed E-state index contributed by atoms with van der Waals surface area (Å²) in [5.74, 6) is 0.816. The highest BCUT2D eigenvalue weighted by molar-refractivity contribution is 6.42. The molecule has 1 N–H and O–H groups in total. The minimum Gasteiger partial charge on any atom is -0.488 e. The van der Waals surface area contributed by atoms with Crippen LogP contribution in [-0.2, 0) is 13.2 Å². The van der Waals surface area contributed by atoms with Gasteiger partial charge in [0.2, 0.25) is 0 Å². The first-order chi connectivity index (χ1) is 14.1. The molecule has 0 spiro atoms. The summed E-state index contributed by atoms with van der Waals surface area (Å²) in [6.45, 7) is 0.981. The molecule has 0 aliphatic carbocycles. The van der Waals surface area contributed by atoms with Gasteiger partial charge >= 0.3 is 0 Å². The molecule has 0 radical (unpaired) electrons. The minimum atomic E-state index is 0.401. The van der Waals surface area contributed by atoms with Crippen LogP contribution in [0.25, 0.3) is 10.8 Å². The molecule has 0 saturated carbocycles. The number of hydrogen-bond acceptors (Lipinski definition) is 2. The number of fused-ring (bicyclic) bond motifs is 1. The van der Waals surface area contributed by atoms with Gasteiger partial charge in [0.05, 0.1) is 10.0 Å². The monoisotopic (exact) mass is 441 g/mol. The van der Waals surface area contributed by atoms with Gasteiger partial charge in [-0.25, -0.2) is 0 Å². The summed E-state index contributed by atoms with van der Waals surface area (Å²) in [5.41, 5.74) is 2.91. The van der Waals surface area contributed by atoms with Crippen molar-refractivity contribution in [2.24, 2.45) is 0 Å². The standard InChI is InChI=1S/C24H18Cl3NO/c25-21-8-4-2-6-17(21)15-29-24-12-9-16-5-1-3-7-19(16)20(24)14-28-18-10-11-22(26)23(27)13-18/h1-13,28H,14-15H2. The van der Waals surface area contributed by atoms with E-state index in [0.717, 1.165) is 33.3 Å². The van der Waals surface area contributed by atoms with E-state index in [4.69, 9.17) is 39.5 Å². The summed E-state index contributed by atoms with van der Waals surface area (Å²) in [4.78, 5) is 0. The molecule has 4 aromatic carbocycles. The Kier molecular flexibility index (Phi) is 6.15. The quantitative estimate of drug-likeness (QED) is 0.327. The molecule has 0 saturated heterocycles. The molecule has 0 unspecified atom stereocenters. The van der Waals surface area contributed by atoms with Crippen LogP contribution in [0.1, 0.15) is 11.1 Å². The molecular weight excluding hydrogens is 425 g/mol. The Morgan fingerprint density at radius 3 is 2.34 bits per heavy atom. The van der Waals surface area contributed by atoms with Crippen molar-refractivity contribution in [3.05, 3.63) is 105 Å². The smallest absolute Gasteiger partial charge is 0.125 e. The Hall–Kier alpha value is -2.39. The third-order valence-electron chi connectivity index (χ3n) is 4.73. The van der Waals surface area contributed by atoms with Crippen LogP contribution in [0.15, 0.2) is 78.9 Å². The lowest BCUT2D eigenvalue weighted by Crippen LogP contribution is -2.05. The predicted molar refractivity (Wildman–Crippen MR) is 124 cm³/mol. The van der Waals surface area contributed by atoms with Gasteiger partial charge in [-0.15, -0.1) is 0 Å². The molecule has 0 aromatic heterocycles. The van der Waals surface area contributed by atoms with E-state index in [0.29, 0.717) is 28.2 Å². The Bertz CT molecular complexity index is 1160. The fourth-order valence-corrected chi connectivity index (χ4v) is 3.69. The van der Waals surface area contributed by atoms with Crippen molar-refractivity contribution in [1.29, 1.82) is 0 Å². The van der Waals surface area contributed by atoms with Crippen LogP contribution in [-0.4, -0.2) is 0 Å². The molecule has 4 aromatic rings. The molecular formula is C24H18Cl3NO. The highest BCUT2D eigenvalue weighted by Crippen LogP contribution is 2.31. The molecule has 2 nitrogen and oxygen atoms in total. The number of anilines is 1. The van der Waals surface area contributed by atoms with Crippen LogP contribution in [0.5, 0.6) is 5.75 Å². The Morgan fingerprint density at radius 2 is 1.52 bits per heavy atom. The van der Waals surface area contributed by atoms with Gasteiger partial charge in [0.15, 0.2) is 0 Å². The SMILES string of the molecule is Clc1ccc(NCc2c(OCc3ccccc3Cl)ccc3ccccc23)cc1Cl. The molecule has 0 aliphatic rings. The van der Waals surface area contributed by atoms with Gasteiger partial charge in [0.1, 0.15) is 12.4 Å². The average Bonchev–Trinajstić information content (AvgIpc) is 2.74. The van der Waals surface area contributed by atoms with Crippen LogP contribution in [0.4, 0.5) is 5.69 Å². The summed E-state index contributed by atoms with van der Waals surface area (Å²) < 4.78 is 6.17. The van der Waals surface area contributed by atoms with Crippen LogP contribution in [0.2, 0.25) is 15.1 Å². The second-order valence-electron chi connectivity index (χ2n) is 6.63. The molecule has 5 heteroatoms. The Balaban J connectivity index is 1.63. The Morgan fingerprint density at radius 1 is 0.724 bits per heavy atom. The summed E-state index contributed by atoms with van der Waals surface area (Å²) in [5, 5.41) is 7.46. The molecule has 0 atom stereocenters. The lowest BCUT2D eigenvalue weighted by Gasteiger charge is -2.16. The highest BCUT2D eigenvalue weighted by Gasteiger charge is 2.11. The number of halogens is 3. The van der Waals surface area contributed by atoms with Crippen molar-refractivity contribution in [2.45, 2.75) is 13.2 Å². The largest absolute Gasteiger partial charge is 0.488 e. The minimum absolute atomic E-state index is 0.401. The number of ether oxygens (including phenoxy) is 1. The lowest BCUT2D eigenvalue weighted by molar-refractivity contribution is 0.304. The zero-order valence-electron chi connectivity index (χ0n) is 15.5. The maximum atomic E-state index is 6.28. The van der Waals surface area contributed by atoms with E-state index in [9.17, 15) is 0 Å². The molecule has 4 rings (SSSR count). The van der Waals surface area contributed by atoms with E-state index in [1.54, 1.807) is 6.07 Å². The fourth-order valence-electron chi connectivity index (χ4n) is 3.20. The summed E-state index contributed by atoms with van der Waals surface area (Å²) in [6.07, 6.45) is 0. The fraction of sp³-hybridized carbons (Fsp3) is 0.0833. The van der Waals surface area contributed by atoms with Crippen molar-refractivity contribution >= 4 is 51.3 Å². The Labute approximate surface area is 185 Å². The van der Waals surface area contributed by atoms with E-state index >= 15 is 0 Å². The molecule has 0 fully saturated rings. The van der Waals surface area contributed by atoms with Gasteiger partial charge in [0.25, 0.3) is 0 Å². The van der Waals surface area contributed by atoms with Gasteiger partial charge in [-0.3, -0.25) is 0 Å². The van der Waals surface area contributed by atoms with E-state index < -0.39 is 0 Å². The molecule has 146 valence electrons. The van der Waals surface area contributed by atoms with Crippen molar-refractivity contribution in [1.82, 2.24) is 0 Å². The van der Waals surface area contributed by atoms with E-state index in [1.807, 2.05) is 54.6 Å². The molecule has 0 aliphatic heterocycles.